The maximum atomic E-state index is 12.4. The molecule has 8 heteroatoms. The fourth-order valence-electron chi connectivity index (χ4n) is 3.04. The Kier molecular flexibility index (Phi) is 5.21. The maximum absolute atomic E-state index is 12.4. The van der Waals surface area contributed by atoms with Crippen LogP contribution in [0.25, 0.3) is 0 Å². The maximum Gasteiger partial charge on any atom is 0.291 e. The fraction of sp³-hybridized carbons (Fsp3) is 0.250. The molecule has 7 nitrogen and oxygen atoms in total. The summed E-state index contributed by atoms with van der Waals surface area (Å²) in [4.78, 5) is 30.2. The minimum absolute atomic E-state index is 0.142. The van der Waals surface area contributed by atoms with Crippen molar-refractivity contribution < 1.29 is 14.0 Å². The van der Waals surface area contributed by atoms with E-state index in [-0.39, 0.29) is 17.6 Å². The summed E-state index contributed by atoms with van der Waals surface area (Å²) in [6.45, 7) is 0.746. The molecule has 0 spiro atoms. The van der Waals surface area contributed by atoms with Gasteiger partial charge in [0.2, 0.25) is 5.91 Å². The van der Waals surface area contributed by atoms with Crippen molar-refractivity contribution in [2.45, 2.75) is 23.8 Å². The van der Waals surface area contributed by atoms with Crippen LogP contribution in [0.2, 0.25) is 0 Å². The van der Waals surface area contributed by atoms with Gasteiger partial charge in [0.15, 0.2) is 10.9 Å². The van der Waals surface area contributed by atoms with E-state index in [1.54, 1.807) is 47.1 Å². The Morgan fingerprint density at radius 3 is 2.75 bits per heavy atom. The lowest BCUT2D eigenvalue weighted by Gasteiger charge is -2.15. The lowest BCUT2D eigenvalue weighted by Crippen LogP contribution is -2.23. The highest BCUT2D eigenvalue weighted by Crippen LogP contribution is 2.24. The molecule has 0 atom stereocenters. The predicted octanol–water partition coefficient (Wildman–Crippen LogP) is 3.68. The molecule has 144 valence electrons. The Balaban J connectivity index is 1.35. The normalized spacial score (nSPS) is 13.9. The van der Waals surface area contributed by atoms with Gasteiger partial charge in [0.25, 0.3) is 5.91 Å². The first-order valence-electron chi connectivity index (χ1n) is 9.01. The van der Waals surface area contributed by atoms with E-state index in [4.69, 9.17) is 4.42 Å². The van der Waals surface area contributed by atoms with Crippen LogP contribution in [-0.4, -0.2) is 27.9 Å². The van der Waals surface area contributed by atoms with Crippen molar-refractivity contribution in [1.82, 2.24) is 9.55 Å². The number of hydrogen-bond acceptors (Lipinski definition) is 5. The molecule has 1 aliphatic rings. The van der Waals surface area contributed by atoms with E-state index in [1.165, 1.54) is 0 Å². The van der Waals surface area contributed by atoms with Gasteiger partial charge in [0.05, 0.1) is 5.75 Å². The summed E-state index contributed by atoms with van der Waals surface area (Å²) in [5.74, 6) is 1.40. The number of thioether (sulfide) groups is 1. The molecule has 3 aromatic rings. The van der Waals surface area contributed by atoms with Crippen molar-refractivity contribution in [3.8, 4) is 0 Å². The van der Waals surface area contributed by atoms with E-state index in [1.807, 2.05) is 29.9 Å². The first-order valence-corrected chi connectivity index (χ1v) is 9.99. The van der Waals surface area contributed by atoms with Crippen LogP contribution >= 0.6 is 11.8 Å². The molecule has 1 aromatic carbocycles. The van der Waals surface area contributed by atoms with Crippen LogP contribution in [0.15, 0.2) is 58.4 Å². The molecule has 4 rings (SSSR count). The number of aromatic nitrogens is 2. The number of hydrogen-bond donors (Lipinski definition) is 1. The van der Waals surface area contributed by atoms with Gasteiger partial charge in [-0.1, -0.05) is 11.8 Å². The van der Waals surface area contributed by atoms with Crippen molar-refractivity contribution in [2.24, 2.45) is 7.05 Å². The minimum atomic E-state index is -0.307. The van der Waals surface area contributed by atoms with Gasteiger partial charge in [-0.15, -0.1) is 0 Å². The Morgan fingerprint density at radius 2 is 2.07 bits per heavy atom. The highest BCUT2D eigenvalue weighted by molar-refractivity contribution is 7.98. The molecule has 0 saturated carbocycles. The summed E-state index contributed by atoms with van der Waals surface area (Å²) >= 11 is 1.54. The molecule has 2 amide bonds. The first kappa shape index (κ1) is 18.4. The second-order valence-electron chi connectivity index (χ2n) is 6.53. The van der Waals surface area contributed by atoms with E-state index >= 15 is 0 Å². The van der Waals surface area contributed by atoms with Gasteiger partial charge in [0, 0.05) is 43.8 Å². The molecule has 2 aromatic heterocycles. The summed E-state index contributed by atoms with van der Waals surface area (Å²) in [7, 11) is 1.93. The zero-order valence-corrected chi connectivity index (χ0v) is 16.2. The van der Waals surface area contributed by atoms with Gasteiger partial charge >= 0.3 is 0 Å². The number of amides is 2. The largest absolute Gasteiger partial charge is 0.455 e. The Hall–Kier alpha value is -3.00. The second kappa shape index (κ2) is 7.93. The number of aryl methyl sites for hydroxylation is 1. The summed E-state index contributed by atoms with van der Waals surface area (Å²) in [6, 6.07) is 10.7. The van der Waals surface area contributed by atoms with Crippen molar-refractivity contribution >= 4 is 35.0 Å². The molecule has 1 aliphatic heterocycles. The number of anilines is 2. The molecular weight excluding hydrogens is 376 g/mol. The van der Waals surface area contributed by atoms with Crippen molar-refractivity contribution in [2.75, 3.05) is 16.8 Å². The van der Waals surface area contributed by atoms with E-state index in [9.17, 15) is 9.59 Å². The number of nitrogens with zero attached hydrogens (tertiary/aromatic N) is 3. The lowest BCUT2D eigenvalue weighted by molar-refractivity contribution is -0.117. The van der Waals surface area contributed by atoms with Crippen LogP contribution in [0.3, 0.4) is 0 Å². The zero-order chi connectivity index (χ0) is 19.5. The average molecular weight is 396 g/mol. The van der Waals surface area contributed by atoms with Crippen molar-refractivity contribution in [1.29, 1.82) is 0 Å². The number of carbonyl (C=O) groups is 2. The number of nitrogens with one attached hydrogen (secondary N) is 1. The Bertz CT molecular complexity index is 993. The lowest BCUT2D eigenvalue weighted by atomic mass is 10.2. The SMILES string of the molecule is Cn1ccnc1SCc1ccc(C(=O)Nc2ccc(N3CCCC3=O)cc2)o1. The van der Waals surface area contributed by atoms with Crippen LogP contribution in [0, 0.1) is 0 Å². The second-order valence-corrected chi connectivity index (χ2v) is 7.47. The number of furan rings is 1. The molecule has 1 N–H and O–H groups in total. The highest BCUT2D eigenvalue weighted by atomic mass is 32.2. The van der Waals surface area contributed by atoms with Crippen LogP contribution in [0.5, 0.6) is 0 Å². The standard InChI is InChI=1S/C20H20N4O3S/c1-23-12-10-21-20(23)28-13-16-8-9-17(27-16)19(26)22-14-4-6-15(7-5-14)24-11-2-3-18(24)25/h4-10,12H,2-3,11,13H2,1H3,(H,22,26). The van der Waals surface area contributed by atoms with Crippen LogP contribution in [-0.2, 0) is 17.6 Å². The predicted molar refractivity (Wildman–Crippen MR) is 107 cm³/mol. The third kappa shape index (κ3) is 3.96. The fourth-order valence-corrected chi connectivity index (χ4v) is 3.87. The smallest absolute Gasteiger partial charge is 0.291 e. The third-order valence-electron chi connectivity index (χ3n) is 4.52. The average Bonchev–Trinajstić information content (AvgIpc) is 3.42. The van der Waals surface area contributed by atoms with E-state index in [0.717, 1.165) is 23.8 Å². The molecule has 1 saturated heterocycles. The van der Waals surface area contributed by atoms with Gasteiger partial charge in [0.1, 0.15) is 5.76 Å². The van der Waals surface area contributed by atoms with Crippen LogP contribution < -0.4 is 10.2 Å². The summed E-state index contributed by atoms with van der Waals surface area (Å²) in [6.07, 6.45) is 5.11. The van der Waals surface area contributed by atoms with Gasteiger partial charge in [-0.05, 0) is 42.8 Å². The monoisotopic (exact) mass is 396 g/mol. The molecule has 1 fully saturated rings. The van der Waals surface area contributed by atoms with Gasteiger partial charge in [-0.25, -0.2) is 4.98 Å². The van der Waals surface area contributed by atoms with Crippen molar-refractivity contribution in [3.63, 3.8) is 0 Å². The van der Waals surface area contributed by atoms with Crippen LogP contribution in [0.4, 0.5) is 11.4 Å². The number of rotatable bonds is 6. The topological polar surface area (TPSA) is 80.4 Å². The van der Waals surface area contributed by atoms with Gasteiger partial charge in [-0.2, -0.15) is 0 Å². The van der Waals surface area contributed by atoms with E-state index in [2.05, 4.69) is 10.3 Å². The molecule has 0 unspecified atom stereocenters. The zero-order valence-electron chi connectivity index (χ0n) is 15.4. The Morgan fingerprint density at radius 1 is 1.25 bits per heavy atom. The number of carbonyl (C=O) groups excluding carboxylic acids is 2. The van der Waals surface area contributed by atoms with E-state index < -0.39 is 0 Å². The quantitative estimate of drug-likeness (QED) is 0.643. The summed E-state index contributed by atoms with van der Waals surface area (Å²) < 4.78 is 7.58. The van der Waals surface area contributed by atoms with Gasteiger partial charge in [-0.3, -0.25) is 9.59 Å². The highest BCUT2D eigenvalue weighted by Gasteiger charge is 2.21. The minimum Gasteiger partial charge on any atom is -0.455 e. The third-order valence-corrected chi connectivity index (χ3v) is 5.60. The molecule has 0 radical (unpaired) electrons. The number of benzene rings is 1. The Labute approximate surface area is 166 Å². The molecule has 0 bridgehead atoms. The van der Waals surface area contributed by atoms with Gasteiger partial charge < -0.3 is 19.2 Å². The van der Waals surface area contributed by atoms with Crippen LogP contribution in [0.1, 0.15) is 29.2 Å². The van der Waals surface area contributed by atoms with Crippen molar-refractivity contribution in [3.05, 3.63) is 60.3 Å². The molecule has 28 heavy (non-hydrogen) atoms. The molecular formula is C20H20N4O3S. The number of imidazole rings is 1. The summed E-state index contributed by atoms with van der Waals surface area (Å²) in [5.41, 5.74) is 1.51. The molecule has 3 heterocycles. The first-order chi connectivity index (χ1) is 13.6. The summed E-state index contributed by atoms with van der Waals surface area (Å²) in [5, 5.41) is 3.71. The van der Waals surface area contributed by atoms with E-state index in [0.29, 0.717) is 23.6 Å². The molecule has 0 aliphatic carbocycles.